The Kier molecular flexibility index (Phi) is 3.36. The number of hydrogen-bond donors (Lipinski definition) is 1. The molecule has 0 radical (unpaired) electrons. The van der Waals surface area contributed by atoms with Crippen LogP contribution < -0.4 is 5.32 Å². The van der Waals surface area contributed by atoms with Gasteiger partial charge in [0.15, 0.2) is 5.76 Å². The third-order valence-corrected chi connectivity index (χ3v) is 3.14. The summed E-state index contributed by atoms with van der Waals surface area (Å²) in [5.74, 6) is 0.759. The van der Waals surface area contributed by atoms with Gasteiger partial charge in [-0.15, -0.1) is 11.3 Å². The third kappa shape index (κ3) is 2.31. The molecule has 86 valence electrons. The average molecular weight is 237 g/mol. The van der Waals surface area contributed by atoms with Crippen molar-refractivity contribution in [2.24, 2.45) is 0 Å². The van der Waals surface area contributed by atoms with Crippen molar-refractivity contribution >= 4 is 11.3 Å². The molecule has 0 aliphatic rings. The van der Waals surface area contributed by atoms with Gasteiger partial charge in [0, 0.05) is 17.5 Å². The summed E-state index contributed by atoms with van der Waals surface area (Å²) in [5.41, 5.74) is 1.83. The second kappa shape index (κ2) is 4.76. The van der Waals surface area contributed by atoms with Crippen molar-refractivity contribution in [1.29, 1.82) is 0 Å². The number of rotatable bonds is 4. The van der Waals surface area contributed by atoms with E-state index in [0.29, 0.717) is 0 Å². The summed E-state index contributed by atoms with van der Waals surface area (Å²) < 4.78 is 5.30. The molecule has 0 saturated carbocycles. The number of nitrogens with zero attached hydrogens (tertiary/aromatic N) is 2. The van der Waals surface area contributed by atoms with Gasteiger partial charge in [-0.25, -0.2) is 4.98 Å². The van der Waals surface area contributed by atoms with E-state index in [4.69, 9.17) is 4.52 Å². The highest BCUT2D eigenvalue weighted by atomic mass is 32.1. The molecule has 0 spiro atoms. The summed E-state index contributed by atoms with van der Waals surface area (Å²) in [6, 6.07) is 1.95. The molecule has 0 saturated heterocycles. The Hall–Kier alpha value is -1.20. The fourth-order valence-electron chi connectivity index (χ4n) is 1.52. The zero-order valence-corrected chi connectivity index (χ0v) is 10.5. The first kappa shape index (κ1) is 11.3. The Morgan fingerprint density at radius 2 is 2.25 bits per heavy atom. The predicted octanol–water partition coefficient (Wildman–Crippen LogP) is 2.52. The highest BCUT2D eigenvalue weighted by molar-refractivity contribution is 7.11. The van der Waals surface area contributed by atoms with E-state index in [1.54, 1.807) is 11.3 Å². The van der Waals surface area contributed by atoms with Crippen molar-refractivity contribution in [3.8, 4) is 11.5 Å². The summed E-state index contributed by atoms with van der Waals surface area (Å²) in [7, 11) is 0. The Morgan fingerprint density at radius 1 is 1.44 bits per heavy atom. The molecule has 4 nitrogen and oxygen atoms in total. The van der Waals surface area contributed by atoms with Crippen LogP contribution in [0.5, 0.6) is 0 Å². The minimum absolute atomic E-state index is 0.738. The summed E-state index contributed by atoms with van der Waals surface area (Å²) in [5, 5.41) is 8.27. The van der Waals surface area contributed by atoms with E-state index in [1.807, 2.05) is 19.9 Å². The molecule has 0 bridgehead atoms. The molecule has 0 amide bonds. The van der Waals surface area contributed by atoms with Crippen molar-refractivity contribution in [2.45, 2.75) is 27.3 Å². The molecule has 0 aliphatic carbocycles. The van der Waals surface area contributed by atoms with E-state index in [1.165, 1.54) is 4.88 Å². The van der Waals surface area contributed by atoms with Crippen LogP contribution in [0.25, 0.3) is 11.5 Å². The first-order valence-electron chi connectivity index (χ1n) is 5.31. The molecular formula is C11H15N3OS. The van der Waals surface area contributed by atoms with Gasteiger partial charge in [-0.3, -0.25) is 0 Å². The fraction of sp³-hybridized carbons (Fsp3) is 0.455. The minimum atomic E-state index is 0.738. The second-order valence-corrected chi connectivity index (χ2v) is 5.01. The topological polar surface area (TPSA) is 51.0 Å². The second-order valence-electron chi connectivity index (χ2n) is 3.60. The SMILES string of the molecule is CCNCc1cc(-c2nc(C)sc2C)on1. The Morgan fingerprint density at radius 3 is 2.88 bits per heavy atom. The van der Waals surface area contributed by atoms with Gasteiger partial charge in [0.05, 0.1) is 10.7 Å². The van der Waals surface area contributed by atoms with E-state index < -0.39 is 0 Å². The van der Waals surface area contributed by atoms with Crippen LogP contribution in [0.2, 0.25) is 0 Å². The normalized spacial score (nSPS) is 10.9. The van der Waals surface area contributed by atoms with Crippen LogP contribution in [0, 0.1) is 13.8 Å². The van der Waals surface area contributed by atoms with Gasteiger partial charge < -0.3 is 9.84 Å². The highest BCUT2D eigenvalue weighted by Crippen LogP contribution is 2.27. The lowest BCUT2D eigenvalue weighted by atomic mass is 10.3. The standard InChI is InChI=1S/C11H15N3OS/c1-4-12-6-9-5-10(15-14-9)11-7(2)16-8(3)13-11/h5,12H,4,6H2,1-3H3. The first-order chi connectivity index (χ1) is 7.70. The van der Waals surface area contributed by atoms with Gasteiger partial charge >= 0.3 is 0 Å². The first-order valence-corrected chi connectivity index (χ1v) is 6.13. The Bertz CT molecular complexity index is 475. The van der Waals surface area contributed by atoms with Gasteiger partial charge in [0.1, 0.15) is 5.69 Å². The van der Waals surface area contributed by atoms with Gasteiger partial charge in [-0.1, -0.05) is 12.1 Å². The van der Waals surface area contributed by atoms with Gasteiger partial charge in [-0.05, 0) is 20.4 Å². The summed E-state index contributed by atoms with van der Waals surface area (Å²) >= 11 is 1.68. The molecule has 2 heterocycles. The lowest BCUT2D eigenvalue weighted by Crippen LogP contribution is -2.11. The molecular weight excluding hydrogens is 222 g/mol. The maximum atomic E-state index is 5.30. The van der Waals surface area contributed by atoms with Crippen LogP contribution in [0.1, 0.15) is 22.5 Å². The molecule has 2 aromatic heterocycles. The molecule has 2 aromatic rings. The number of aromatic nitrogens is 2. The predicted molar refractivity (Wildman–Crippen MR) is 64.5 cm³/mol. The summed E-state index contributed by atoms with van der Waals surface area (Å²) in [6.45, 7) is 7.78. The van der Waals surface area contributed by atoms with Crippen LogP contribution in [-0.2, 0) is 6.54 Å². The fourth-order valence-corrected chi connectivity index (χ4v) is 2.34. The average Bonchev–Trinajstić information content (AvgIpc) is 2.82. The van der Waals surface area contributed by atoms with Gasteiger partial charge in [-0.2, -0.15) is 0 Å². The van der Waals surface area contributed by atoms with Crippen molar-refractivity contribution in [3.63, 3.8) is 0 Å². The van der Waals surface area contributed by atoms with Crippen LogP contribution in [0.3, 0.4) is 0 Å². The van der Waals surface area contributed by atoms with Crippen LogP contribution in [0.4, 0.5) is 0 Å². The third-order valence-electron chi connectivity index (χ3n) is 2.25. The molecule has 16 heavy (non-hydrogen) atoms. The molecule has 5 heteroatoms. The molecule has 0 aromatic carbocycles. The highest BCUT2D eigenvalue weighted by Gasteiger charge is 2.12. The molecule has 0 unspecified atom stereocenters. The van der Waals surface area contributed by atoms with Gasteiger partial charge in [0.2, 0.25) is 0 Å². The van der Waals surface area contributed by atoms with E-state index in [-0.39, 0.29) is 0 Å². The van der Waals surface area contributed by atoms with E-state index >= 15 is 0 Å². The van der Waals surface area contributed by atoms with Crippen molar-refractivity contribution in [3.05, 3.63) is 21.6 Å². The van der Waals surface area contributed by atoms with Gasteiger partial charge in [0.25, 0.3) is 0 Å². The number of hydrogen-bond acceptors (Lipinski definition) is 5. The Balaban J connectivity index is 2.21. The van der Waals surface area contributed by atoms with Crippen molar-refractivity contribution in [1.82, 2.24) is 15.5 Å². The van der Waals surface area contributed by atoms with Crippen LogP contribution in [0.15, 0.2) is 10.6 Å². The maximum absolute atomic E-state index is 5.30. The van der Waals surface area contributed by atoms with Crippen molar-refractivity contribution in [2.75, 3.05) is 6.54 Å². The van der Waals surface area contributed by atoms with Crippen LogP contribution in [-0.4, -0.2) is 16.7 Å². The number of thiazole rings is 1. The number of nitrogens with one attached hydrogen (secondary N) is 1. The van der Waals surface area contributed by atoms with E-state index in [2.05, 4.69) is 22.4 Å². The maximum Gasteiger partial charge on any atom is 0.186 e. The zero-order chi connectivity index (χ0) is 11.5. The molecule has 0 aliphatic heterocycles. The Labute approximate surface area is 98.7 Å². The monoisotopic (exact) mass is 237 g/mol. The zero-order valence-electron chi connectivity index (χ0n) is 9.70. The lowest BCUT2D eigenvalue weighted by molar-refractivity contribution is 0.419. The summed E-state index contributed by atoms with van der Waals surface area (Å²) in [4.78, 5) is 5.61. The van der Waals surface area contributed by atoms with Crippen molar-refractivity contribution < 1.29 is 4.52 Å². The smallest absolute Gasteiger partial charge is 0.186 e. The molecule has 1 N–H and O–H groups in total. The largest absolute Gasteiger partial charge is 0.354 e. The minimum Gasteiger partial charge on any atom is -0.354 e. The molecule has 2 rings (SSSR count). The summed E-state index contributed by atoms with van der Waals surface area (Å²) in [6.07, 6.45) is 0. The lowest BCUT2D eigenvalue weighted by Gasteiger charge is -1.93. The molecule has 0 fully saturated rings. The van der Waals surface area contributed by atoms with E-state index in [0.717, 1.165) is 35.2 Å². The number of aryl methyl sites for hydroxylation is 2. The quantitative estimate of drug-likeness (QED) is 0.887. The van der Waals surface area contributed by atoms with E-state index in [9.17, 15) is 0 Å². The van der Waals surface area contributed by atoms with Crippen LogP contribution >= 0.6 is 11.3 Å². The molecule has 0 atom stereocenters.